The third-order valence-corrected chi connectivity index (χ3v) is 8.51. The number of aryl methyl sites for hydroxylation is 3. The molecule has 2 amide bonds. The molecule has 0 radical (unpaired) electrons. The Hall–Kier alpha value is -3.33. The quantitative estimate of drug-likeness (QED) is 0.236. The Morgan fingerprint density at radius 1 is 0.932 bits per heavy atom. The summed E-state index contributed by atoms with van der Waals surface area (Å²) in [4.78, 5) is 29.1. The molecule has 7 nitrogen and oxygen atoms in total. The number of halogens is 3. The van der Waals surface area contributed by atoms with Crippen molar-refractivity contribution in [2.75, 3.05) is 26.3 Å². The van der Waals surface area contributed by atoms with E-state index < -0.39 is 23.7 Å². The van der Waals surface area contributed by atoms with Gasteiger partial charge in [0.1, 0.15) is 24.8 Å². The summed E-state index contributed by atoms with van der Waals surface area (Å²) < 4.78 is 26.4. The number of ether oxygens (including phenoxy) is 2. The molecule has 0 spiro atoms. The Morgan fingerprint density at radius 2 is 1.59 bits per heavy atom. The van der Waals surface area contributed by atoms with Crippen LogP contribution in [-0.4, -0.2) is 55.1 Å². The summed E-state index contributed by atoms with van der Waals surface area (Å²) in [5.74, 6) is -1.08. The van der Waals surface area contributed by atoms with E-state index in [0.717, 1.165) is 35.1 Å². The maximum Gasteiger partial charge on any atom is 0.254 e. The van der Waals surface area contributed by atoms with Crippen LogP contribution in [0.2, 0.25) is 10.0 Å². The predicted molar refractivity (Wildman–Crippen MR) is 170 cm³/mol. The van der Waals surface area contributed by atoms with Crippen LogP contribution in [0.4, 0.5) is 4.39 Å². The molecule has 10 heteroatoms. The number of nitrogens with zero attached hydrogens (tertiary/aromatic N) is 1. The summed E-state index contributed by atoms with van der Waals surface area (Å²) in [6, 6.07) is 13.8. The van der Waals surface area contributed by atoms with Gasteiger partial charge in [0.05, 0.1) is 21.5 Å². The fourth-order valence-corrected chi connectivity index (χ4v) is 6.48. The zero-order valence-electron chi connectivity index (χ0n) is 25.2. The van der Waals surface area contributed by atoms with Crippen molar-refractivity contribution in [2.45, 2.75) is 58.7 Å². The van der Waals surface area contributed by atoms with E-state index in [-0.39, 0.29) is 36.5 Å². The number of carbonyl (C=O) groups is 2. The standard InChI is InChI=1S/C34H38Cl2FN3O4/c1-20-12-21(2)14-23(13-20)19-40(24-4-5-24)34(42)27-18-38-9-8-31(27)39-33(41)26-7-6-25(17-30(26)37)43-10-11-44-32-28(35)15-22(3)16-29(32)36/h6-7,12-17,24,27,31,38H,4-5,8-11,18-19H2,1-3H3,(H,39,41). The summed E-state index contributed by atoms with van der Waals surface area (Å²) in [5.41, 5.74) is 4.24. The fraction of sp³-hybridized carbons (Fsp3) is 0.412. The zero-order chi connectivity index (χ0) is 31.4. The van der Waals surface area contributed by atoms with Gasteiger partial charge in [-0.05, 0) is 82.0 Å². The smallest absolute Gasteiger partial charge is 0.254 e. The highest BCUT2D eigenvalue weighted by Gasteiger charge is 2.40. The van der Waals surface area contributed by atoms with Gasteiger partial charge in [-0.15, -0.1) is 0 Å². The average Bonchev–Trinajstić information content (AvgIpc) is 3.80. The molecule has 1 aliphatic carbocycles. The van der Waals surface area contributed by atoms with Crippen molar-refractivity contribution in [3.05, 3.63) is 92.2 Å². The van der Waals surface area contributed by atoms with Crippen molar-refractivity contribution in [3.8, 4) is 11.5 Å². The molecule has 2 atom stereocenters. The fourth-order valence-electron chi connectivity index (χ4n) is 5.78. The zero-order valence-corrected chi connectivity index (χ0v) is 26.7. The van der Waals surface area contributed by atoms with Crippen LogP contribution in [0.1, 0.15) is 51.9 Å². The lowest BCUT2D eigenvalue weighted by Gasteiger charge is -2.36. The Balaban J connectivity index is 1.19. The maximum absolute atomic E-state index is 15.1. The van der Waals surface area contributed by atoms with Gasteiger partial charge in [0.2, 0.25) is 5.91 Å². The normalized spacial score (nSPS) is 18.0. The van der Waals surface area contributed by atoms with Gasteiger partial charge in [0.15, 0.2) is 5.75 Å². The molecule has 0 bridgehead atoms. The summed E-state index contributed by atoms with van der Waals surface area (Å²) in [7, 11) is 0. The van der Waals surface area contributed by atoms with Gasteiger partial charge >= 0.3 is 0 Å². The second kappa shape index (κ2) is 14.2. The third kappa shape index (κ3) is 8.03. The number of piperidine rings is 1. The van der Waals surface area contributed by atoms with Crippen molar-refractivity contribution in [3.63, 3.8) is 0 Å². The highest BCUT2D eigenvalue weighted by molar-refractivity contribution is 6.37. The number of hydrogen-bond acceptors (Lipinski definition) is 5. The molecule has 1 saturated heterocycles. The molecule has 2 aliphatic rings. The Labute approximate surface area is 268 Å². The molecule has 1 saturated carbocycles. The molecule has 2 fully saturated rings. The van der Waals surface area contributed by atoms with Gasteiger partial charge in [0, 0.05) is 31.2 Å². The molecular weight excluding hydrogens is 604 g/mol. The summed E-state index contributed by atoms with van der Waals surface area (Å²) in [5, 5.41) is 7.06. The monoisotopic (exact) mass is 641 g/mol. The highest BCUT2D eigenvalue weighted by Crippen LogP contribution is 2.34. The molecule has 1 heterocycles. The van der Waals surface area contributed by atoms with E-state index in [1.807, 2.05) is 11.8 Å². The molecule has 0 aromatic heterocycles. The van der Waals surface area contributed by atoms with Crippen LogP contribution in [0.15, 0.2) is 48.5 Å². The van der Waals surface area contributed by atoms with E-state index in [0.29, 0.717) is 41.8 Å². The van der Waals surface area contributed by atoms with Crippen molar-refractivity contribution < 1.29 is 23.5 Å². The SMILES string of the molecule is Cc1cc(C)cc(CN(C(=O)C2CNCCC2NC(=O)c2ccc(OCCOc3c(Cl)cc(C)cc3Cl)cc2F)C2CC2)c1. The Kier molecular flexibility index (Phi) is 10.3. The van der Waals surface area contributed by atoms with Gasteiger partial charge in [-0.25, -0.2) is 4.39 Å². The molecule has 1 aliphatic heterocycles. The van der Waals surface area contributed by atoms with Crippen LogP contribution in [0, 0.1) is 32.5 Å². The van der Waals surface area contributed by atoms with Crippen molar-refractivity contribution in [1.82, 2.24) is 15.5 Å². The second-order valence-corrected chi connectivity index (χ2v) is 12.6. The lowest BCUT2D eigenvalue weighted by molar-refractivity contribution is -0.138. The van der Waals surface area contributed by atoms with Gasteiger partial charge in [-0.1, -0.05) is 52.5 Å². The third-order valence-electron chi connectivity index (χ3n) is 7.95. The van der Waals surface area contributed by atoms with Crippen molar-refractivity contribution >= 4 is 35.0 Å². The van der Waals surface area contributed by atoms with E-state index in [2.05, 4.69) is 42.7 Å². The molecule has 3 aromatic carbocycles. The Bertz CT molecular complexity index is 1490. The number of hydrogen-bond donors (Lipinski definition) is 2. The number of nitrogens with one attached hydrogen (secondary N) is 2. The lowest BCUT2D eigenvalue weighted by atomic mass is 9.91. The van der Waals surface area contributed by atoms with E-state index >= 15 is 4.39 Å². The van der Waals surface area contributed by atoms with Crippen LogP contribution in [-0.2, 0) is 11.3 Å². The van der Waals surface area contributed by atoms with Gasteiger partial charge in [-0.3, -0.25) is 9.59 Å². The minimum atomic E-state index is -0.711. The first-order valence-electron chi connectivity index (χ1n) is 15.0. The van der Waals surface area contributed by atoms with Crippen molar-refractivity contribution in [1.29, 1.82) is 0 Å². The molecule has 2 N–H and O–H groups in total. The molecule has 5 rings (SSSR count). The topological polar surface area (TPSA) is 79.9 Å². The second-order valence-electron chi connectivity index (χ2n) is 11.8. The van der Waals surface area contributed by atoms with Crippen molar-refractivity contribution in [2.24, 2.45) is 5.92 Å². The number of carbonyl (C=O) groups excluding carboxylic acids is 2. The first-order valence-corrected chi connectivity index (χ1v) is 15.7. The van der Waals surface area contributed by atoms with E-state index in [4.69, 9.17) is 32.7 Å². The van der Waals surface area contributed by atoms with Crippen LogP contribution < -0.4 is 20.1 Å². The first-order chi connectivity index (χ1) is 21.1. The molecule has 3 aromatic rings. The number of amides is 2. The van der Waals surface area contributed by atoms with Crippen LogP contribution in [0.25, 0.3) is 0 Å². The minimum Gasteiger partial charge on any atom is -0.490 e. The van der Waals surface area contributed by atoms with Crippen LogP contribution in [0.5, 0.6) is 11.5 Å². The molecule has 234 valence electrons. The molecular formula is C34H38Cl2FN3O4. The van der Waals surface area contributed by atoms with Crippen LogP contribution >= 0.6 is 23.2 Å². The number of benzene rings is 3. The van der Waals surface area contributed by atoms with Crippen LogP contribution in [0.3, 0.4) is 0 Å². The summed E-state index contributed by atoms with van der Waals surface area (Å²) in [6.07, 6.45) is 2.53. The largest absolute Gasteiger partial charge is 0.490 e. The molecule has 2 unspecified atom stereocenters. The lowest BCUT2D eigenvalue weighted by Crippen LogP contribution is -2.55. The first kappa shape index (κ1) is 32.1. The Morgan fingerprint density at radius 3 is 2.25 bits per heavy atom. The van der Waals surface area contributed by atoms with E-state index in [1.165, 1.54) is 18.2 Å². The van der Waals surface area contributed by atoms with Gasteiger partial charge < -0.3 is 25.0 Å². The molecule has 44 heavy (non-hydrogen) atoms. The van der Waals surface area contributed by atoms with E-state index in [1.54, 1.807) is 12.1 Å². The number of rotatable bonds is 11. The van der Waals surface area contributed by atoms with E-state index in [9.17, 15) is 9.59 Å². The summed E-state index contributed by atoms with van der Waals surface area (Å²) >= 11 is 12.4. The highest BCUT2D eigenvalue weighted by atomic mass is 35.5. The average molecular weight is 643 g/mol. The maximum atomic E-state index is 15.1. The van der Waals surface area contributed by atoms with Gasteiger partial charge in [0.25, 0.3) is 5.91 Å². The minimum absolute atomic E-state index is 0.0174. The summed E-state index contributed by atoms with van der Waals surface area (Å²) in [6.45, 7) is 7.90. The van der Waals surface area contributed by atoms with Gasteiger partial charge in [-0.2, -0.15) is 0 Å². The predicted octanol–water partition coefficient (Wildman–Crippen LogP) is 6.41.